The number of alkyl halides is 13. The smallest absolute Gasteiger partial charge is 0.234 e. The van der Waals surface area contributed by atoms with Crippen LogP contribution >= 0.6 is 11.6 Å². The van der Waals surface area contributed by atoms with Crippen LogP contribution < -0.4 is 0 Å². The van der Waals surface area contributed by atoms with Gasteiger partial charge in [0.1, 0.15) is 11.4 Å². The van der Waals surface area contributed by atoms with E-state index in [1.165, 1.54) is 0 Å². The summed E-state index contributed by atoms with van der Waals surface area (Å²) in [6.45, 7) is 0. The van der Waals surface area contributed by atoms with Crippen molar-refractivity contribution in [2.24, 2.45) is 0 Å². The van der Waals surface area contributed by atoms with Gasteiger partial charge in [0.05, 0.1) is 0 Å². The molecule has 0 saturated carbocycles. The van der Waals surface area contributed by atoms with Crippen molar-refractivity contribution in [2.75, 3.05) is 0 Å². The van der Waals surface area contributed by atoms with E-state index in [9.17, 15) is 61.5 Å². The van der Waals surface area contributed by atoms with Gasteiger partial charge in [-0.3, -0.25) is 0 Å². The molecular formula is C9H3ClF14. The van der Waals surface area contributed by atoms with Gasteiger partial charge in [-0.15, -0.1) is 0 Å². The van der Waals surface area contributed by atoms with E-state index >= 15 is 0 Å². The average Bonchev–Trinajstić information content (AvgIpc) is 2.42. The predicted octanol–water partition coefficient (Wildman–Crippen LogP) is 5.82. The standard InChI is InChI=1S/C9H3ClF14/c10-2(1-11)6(16,17)8(20,21)3(12)7(18,19)5(15,4(13)14)9(22,23)24/h1,3-4H. The number of allylic oxidation sites excluding steroid dienone is 1. The lowest BCUT2D eigenvalue weighted by Crippen LogP contribution is -2.68. The molecule has 0 heterocycles. The van der Waals surface area contributed by atoms with Crippen LogP contribution in [0, 0.1) is 0 Å². The summed E-state index contributed by atoms with van der Waals surface area (Å²) in [5.74, 6) is -20.8. The fraction of sp³-hybridized carbons (Fsp3) is 0.778. The zero-order chi connectivity index (χ0) is 19.9. The van der Waals surface area contributed by atoms with Gasteiger partial charge in [0.25, 0.3) is 6.43 Å². The SMILES string of the molecule is FC=C(Cl)C(F)(F)C(F)(F)C(F)C(F)(F)C(F)(C(F)F)C(F)(F)F. The van der Waals surface area contributed by atoms with Crippen molar-refractivity contribution in [1.82, 2.24) is 0 Å². The van der Waals surface area contributed by atoms with Gasteiger partial charge in [0, 0.05) is 0 Å². The number of rotatable bonds is 6. The third-order valence-electron chi connectivity index (χ3n) is 2.65. The van der Waals surface area contributed by atoms with E-state index in [1.54, 1.807) is 0 Å². The summed E-state index contributed by atoms with van der Waals surface area (Å²) in [6.07, 6.45) is -20.9. The minimum Gasteiger partial charge on any atom is -0.234 e. The molecule has 0 bridgehead atoms. The van der Waals surface area contributed by atoms with Crippen molar-refractivity contribution in [3.8, 4) is 0 Å². The first-order valence-corrected chi connectivity index (χ1v) is 5.48. The number of hydrogen-bond donors (Lipinski definition) is 0. The Morgan fingerprint density at radius 1 is 0.750 bits per heavy atom. The molecule has 15 heteroatoms. The minimum absolute atomic E-state index is 1.54. The summed E-state index contributed by atoms with van der Waals surface area (Å²) in [6, 6.07) is 0. The highest BCUT2D eigenvalue weighted by Crippen LogP contribution is 2.56. The van der Waals surface area contributed by atoms with E-state index in [4.69, 9.17) is 0 Å². The van der Waals surface area contributed by atoms with Gasteiger partial charge < -0.3 is 0 Å². The second kappa shape index (κ2) is 6.41. The van der Waals surface area contributed by atoms with Crippen molar-refractivity contribution in [2.45, 2.75) is 42.2 Å². The van der Waals surface area contributed by atoms with Crippen LogP contribution in [0.5, 0.6) is 0 Å². The van der Waals surface area contributed by atoms with Crippen LogP contribution in [0.2, 0.25) is 0 Å². The van der Waals surface area contributed by atoms with Crippen molar-refractivity contribution in [1.29, 1.82) is 0 Å². The van der Waals surface area contributed by atoms with E-state index in [1.807, 2.05) is 0 Å². The molecule has 0 aliphatic rings. The zero-order valence-electron chi connectivity index (χ0n) is 10.4. The third-order valence-corrected chi connectivity index (χ3v) is 2.97. The summed E-state index contributed by atoms with van der Waals surface area (Å²) < 4.78 is 176. The maximum atomic E-state index is 13.1. The number of halogens is 15. The Labute approximate surface area is 128 Å². The van der Waals surface area contributed by atoms with Crippen molar-refractivity contribution < 1.29 is 61.5 Å². The first-order chi connectivity index (χ1) is 10.3. The molecule has 0 N–H and O–H groups in total. The molecule has 0 nitrogen and oxygen atoms in total. The molecule has 0 rings (SSSR count). The molecule has 0 spiro atoms. The largest absolute Gasteiger partial charge is 0.434 e. The Hall–Kier alpha value is -0.950. The summed E-state index contributed by atoms with van der Waals surface area (Å²) in [5.41, 5.74) is -7.25. The molecule has 0 fully saturated rings. The molecule has 144 valence electrons. The summed E-state index contributed by atoms with van der Waals surface area (Å²) >= 11 is 4.18. The molecule has 0 aliphatic carbocycles. The molecule has 0 aromatic heterocycles. The molecule has 0 saturated heterocycles. The van der Waals surface area contributed by atoms with E-state index in [0.717, 1.165) is 0 Å². The Balaban J connectivity index is 6.31. The molecule has 0 aromatic rings. The zero-order valence-corrected chi connectivity index (χ0v) is 11.2. The normalized spacial score (nSPS) is 19.4. The van der Waals surface area contributed by atoms with Gasteiger partial charge in [-0.05, 0) is 0 Å². The van der Waals surface area contributed by atoms with Crippen molar-refractivity contribution in [3.05, 3.63) is 11.4 Å². The highest BCUT2D eigenvalue weighted by atomic mass is 35.5. The molecular weight excluding hydrogens is 410 g/mol. The fourth-order valence-corrected chi connectivity index (χ4v) is 1.38. The number of hydrogen-bond acceptors (Lipinski definition) is 0. The van der Waals surface area contributed by atoms with Crippen LogP contribution in [-0.2, 0) is 0 Å². The van der Waals surface area contributed by atoms with Crippen LogP contribution in [0.1, 0.15) is 0 Å². The lowest BCUT2D eigenvalue weighted by atomic mass is 9.88. The Bertz CT molecular complexity index is 479. The maximum Gasteiger partial charge on any atom is 0.434 e. The Morgan fingerprint density at radius 2 is 1.12 bits per heavy atom. The van der Waals surface area contributed by atoms with Crippen LogP contribution in [0.25, 0.3) is 0 Å². The second-order valence-corrected chi connectivity index (χ2v) is 4.56. The topological polar surface area (TPSA) is 0 Å². The van der Waals surface area contributed by atoms with E-state index in [2.05, 4.69) is 11.6 Å². The molecule has 2 atom stereocenters. The highest BCUT2D eigenvalue weighted by molar-refractivity contribution is 6.30. The quantitative estimate of drug-likeness (QED) is 0.483. The molecule has 0 amide bonds. The minimum atomic E-state index is -7.40. The predicted molar refractivity (Wildman–Crippen MR) is 50.7 cm³/mol. The van der Waals surface area contributed by atoms with Crippen LogP contribution in [-0.4, -0.2) is 42.2 Å². The molecule has 0 aliphatic heterocycles. The Morgan fingerprint density at radius 3 is 1.38 bits per heavy atom. The van der Waals surface area contributed by atoms with Crippen LogP contribution in [0.4, 0.5) is 61.5 Å². The lowest BCUT2D eigenvalue weighted by Gasteiger charge is -2.39. The molecule has 0 aromatic carbocycles. The van der Waals surface area contributed by atoms with Crippen LogP contribution in [0.15, 0.2) is 11.4 Å². The van der Waals surface area contributed by atoms with E-state index < -0.39 is 53.6 Å². The van der Waals surface area contributed by atoms with Crippen LogP contribution in [0.3, 0.4) is 0 Å². The summed E-state index contributed by atoms with van der Waals surface area (Å²) in [5, 5.41) is -2.94. The first-order valence-electron chi connectivity index (χ1n) is 5.11. The van der Waals surface area contributed by atoms with E-state index in [-0.39, 0.29) is 0 Å². The molecule has 24 heavy (non-hydrogen) atoms. The first kappa shape index (κ1) is 23.1. The molecule has 2 unspecified atom stereocenters. The van der Waals surface area contributed by atoms with Gasteiger partial charge in [0.2, 0.25) is 6.17 Å². The van der Waals surface area contributed by atoms with Crippen molar-refractivity contribution in [3.63, 3.8) is 0 Å². The van der Waals surface area contributed by atoms with Gasteiger partial charge in [-0.1, -0.05) is 11.6 Å². The van der Waals surface area contributed by atoms with E-state index in [0.29, 0.717) is 0 Å². The van der Waals surface area contributed by atoms with Gasteiger partial charge in [-0.2, -0.15) is 39.5 Å². The Kier molecular flexibility index (Phi) is 6.15. The monoisotopic (exact) mass is 412 g/mol. The summed E-state index contributed by atoms with van der Waals surface area (Å²) in [7, 11) is 0. The second-order valence-electron chi connectivity index (χ2n) is 4.15. The van der Waals surface area contributed by atoms with Gasteiger partial charge in [0.15, 0.2) is 0 Å². The average molecular weight is 413 g/mol. The summed E-state index contributed by atoms with van der Waals surface area (Å²) in [4.78, 5) is 0. The third kappa shape index (κ3) is 3.12. The van der Waals surface area contributed by atoms with Gasteiger partial charge >= 0.3 is 29.6 Å². The van der Waals surface area contributed by atoms with Gasteiger partial charge in [-0.25, -0.2) is 22.0 Å². The lowest BCUT2D eigenvalue weighted by molar-refractivity contribution is -0.370. The van der Waals surface area contributed by atoms with Crippen molar-refractivity contribution >= 4 is 11.6 Å². The fourth-order valence-electron chi connectivity index (χ4n) is 1.26. The highest BCUT2D eigenvalue weighted by Gasteiger charge is 2.84. The maximum absolute atomic E-state index is 13.1. The molecule has 0 radical (unpaired) electrons.